The molecule has 0 saturated heterocycles. The van der Waals surface area contributed by atoms with Crippen LogP contribution in [-0.2, 0) is 0 Å². The Morgan fingerprint density at radius 3 is 2.35 bits per heavy atom. The zero-order valence-electron chi connectivity index (χ0n) is 10.9. The van der Waals surface area contributed by atoms with E-state index in [0.717, 1.165) is 6.54 Å². The second kappa shape index (κ2) is 4.35. The van der Waals surface area contributed by atoms with Gasteiger partial charge in [0.2, 0.25) is 17.8 Å². The van der Waals surface area contributed by atoms with Crippen LogP contribution in [0.25, 0.3) is 0 Å². The van der Waals surface area contributed by atoms with E-state index in [9.17, 15) is 0 Å². The van der Waals surface area contributed by atoms with Gasteiger partial charge in [0.05, 0.1) is 0 Å². The standard InChI is InChI=1S/C11H20N6/c1-11(5-6-11)7-13-9-14-8(12-2)15-10(16-9)17(3)4/h5-7H2,1-4H3,(H2,12,13,14,15,16). The highest BCUT2D eigenvalue weighted by atomic mass is 15.3. The maximum absolute atomic E-state index is 4.36. The maximum atomic E-state index is 4.36. The van der Waals surface area contributed by atoms with Crippen LogP contribution in [0.2, 0.25) is 0 Å². The van der Waals surface area contributed by atoms with Crippen molar-refractivity contribution in [3.63, 3.8) is 0 Å². The molecule has 0 bridgehead atoms. The van der Waals surface area contributed by atoms with Gasteiger partial charge in [0, 0.05) is 27.7 Å². The number of anilines is 3. The Kier molecular flexibility index (Phi) is 3.04. The Morgan fingerprint density at radius 2 is 1.82 bits per heavy atom. The van der Waals surface area contributed by atoms with E-state index in [0.29, 0.717) is 23.3 Å². The third kappa shape index (κ3) is 2.95. The average Bonchev–Trinajstić information content (AvgIpc) is 3.05. The van der Waals surface area contributed by atoms with E-state index in [2.05, 4.69) is 32.5 Å². The maximum Gasteiger partial charge on any atom is 0.231 e. The molecule has 2 rings (SSSR count). The van der Waals surface area contributed by atoms with E-state index in [1.807, 2.05) is 19.0 Å². The van der Waals surface area contributed by atoms with Gasteiger partial charge in [-0.15, -0.1) is 0 Å². The Bertz CT molecular complexity index is 399. The number of nitrogens with one attached hydrogen (secondary N) is 2. The first kappa shape index (κ1) is 11.9. The first-order chi connectivity index (χ1) is 8.02. The molecule has 1 aliphatic rings. The summed E-state index contributed by atoms with van der Waals surface area (Å²) in [7, 11) is 5.64. The van der Waals surface area contributed by atoms with Crippen molar-refractivity contribution in [2.45, 2.75) is 19.8 Å². The molecule has 1 aliphatic carbocycles. The Hall–Kier alpha value is -1.59. The van der Waals surface area contributed by atoms with Gasteiger partial charge in [0.15, 0.2) is 0 Å². The molecule has 6 nitrogen and oxygen atoms in total. The van der Waals surface area contributed by atoms with Crippen molar-refractivity contribution in [2.75, 3.05) is 43.2 Å². The van der Waals surface area contributed by atoms with Crippen molar-refractivity contribution in [2.24, 2.45) is 5.41 Å². The lowest BCUT2D eigenvalue weighted by atomic mass is 10.1. The van der Waals surface area contributed by atoms with Crippen LogP contribution in [0.5, 0.6) is 0 Å². The third-order valence-electron chi connectivity index (χ3n) is 3.02. The first-order valence-electron chi connectivity index (χ1n) is 5.87. The van der Waals surface area contributed by atoms with Crippen molar-refractivity contribution in [3.8, 4) is 0 Å². The molecule has 0 aromatic carbocycles. The fourth-order valence-electron chi connectivity index (χ4n) is 1.44. The van der Waals surface area contributed by atoms with Gasteiger partial charge in [-0.25, -0.2) is 0 Å². The highest BCUT2D eigenvalue weighted by Gasteiger charge is 2.37. The molecule has 0 radical (unpaired) electrons. The molecule has 0 spiro atoms. The predicted molar refractivity (Wildman–Crippen MR) is 69.5 cm³/mol. The zero-order chi connectivity index (χ0) is 12.5. The van der Waals surface area contributed by atoms with Crippen LogP contribution in [0.1, 0.15) is 19.8 Å². The van der Waals surface area contributed by atoms with Crippen LogP contribution in [0.4, 0.5) is 17.8 Å². The van der Waals surface area contributed by atoms with Gasteiger partial charge in [-0.2, -0.15) is 15.0 Å². The molecule has 1 saturated carbocycles. The summed E-state index contributed by atoms with van der Waals surface area (Å²) in [4.78, 5) is 14.8. The number of hydrogen-bond donors (Lipinski definition) is 2. The summed E-state index contributed by atoms with van der Waals surface area (Å²) in [5, 5.41) is 6.23. The number of rotatable bonds is 5. The van der Waals surface area contributed by atoms with E-state index in [-0.39, 0.29) is 0 Å². The molecule has 17 heavy (non-hydrogen) atoms. The normalized spacial score (nSPS) is 16.5. The number of nitrogens with zero attached hydrogens (tertiary/aromatic N) is 4. The van der Waals surface area contributed by atoms with E-state index in [1.54, 1.807) is 7.05 Å². The monoisotopic (exact) mass is 236 g/mol. The second-order valence-corrected chi connectivity index (χ2v) is 5.09. The third-order valence-corrected chi connectivity index (χ3v) is 3.02. The van der Waals surface area contributed by atoms with Crippen molar-refractivity contribution in [3.05, 3.63) is 0 Å². The molecular weight excluding hydrogens is 216 g/mol. The number of aromatic nitrogens is 3. The van der Waals surface area contributed by atoms with Crippen LogP contribution in [-0.4, -0.2) is 42.6 Å². The molecule has 2 N–H and O–H groups in total. The molecule has 0 atom stereocenters. The summed E-state index contributed by atoms with van der Waals surface area (Å²) in [5.74, 6) is 1.89. The van der Waals surface area contributed by atoms with Crippen LogP contribution in [0, 0.1) is 5.41 Å². The fraction of sp³-hybridized carbons (Fsp3) is 0.727. The first-order valence-corrected chi connectivity index (χ1v) is 5.87. The van der Waals surface area contributed by atoms with Crippen molar-refractivity contribution < 1.29 is 0 Å². The van der Waals surface area contributed by atoms with E-state index >= 15 is 0 Å². The van der Waals surface area contributed by atoms with Gasteiger partial charge in [0.1, 0.15) is 0 Å². The summed E-state index contributed by atoms with van der Waals surface area (Å²) < 4.78 is 0. The minimum absolute atomic E-state index is 0.435. The van der Waals surface area contributed by atoms with Crippen LogP contribution >= 0.6 is 0 Å². The van der Waals surface area contributed by atoms with Crippen LogP contribution < -0.4 is 15.5 Å². The van der Waals surface area contributed by atoms with E-state index in [4.69, 9.17) is 0 Å². The van der Waals surface area contributed by atoms with Gasteiger partial charge in [0.25, 0.3) is 0 Å². The molecule has 0 aliphatic heterocycles. The van der Waals surface area contributed by atoms with E-state index in [1.165, 1.54) is 12.8 Å². The highest BCUT2D eigenvalue weighted by Crippen LogP contribution is 2.44. The molecule has 1 heterocycles. The lowest BCUT2D eigenvalue weighted by Crippen LogP contribution is -2.18. The topological polar surface area (TPSA) is 66.0 Å². The van der Waals surface area contributed by atoms with Gasteiger partial charge in [-0.05, 0) is 18.3 Å². The fourth-order valence-corrected chi connectivity index (χ4v) is 1.44. The lowest BCUT2D eigenvalue weighted by molar-refractivity contribution is 0.607. The molecule has 0 amide bonds. The summed E-state index contributed by atoms with van der Waals surface area (Å²) in [6.07, 6.45) is 2.56. The smallest absolute Gasteiger partial charge is 0.231 e. The molecular formula is C11H20N6. The quantitative estimate of drug-likeness (QED) is 0.800. The number of hydrogen-bond acceptors (Lipinski definition) is 6. The highest BCUT2D eigenvalue weighted by molar-refractivity contribution is 5.42. The lowest BCUT2D eigenvalue weighted by Gasteiger charge is -2.14. The minimum Gasteiger partial charge on any atom is -0.357 e. The summed E-state index contributed by atoms with van der Waals surface area (Å²) in [6.45, 7) is 3.19. The Labute approximate surface area is 102 Å². The minimum atomic E-state index is 0.435. The molecule has 0 unspecified atom stereocenters. The molecule has 1 aromatic heterocycles. The summed E-state index contributed by atoms with van der Waals surface area (Å²) in [6, 6.07) is 0. The SMILES string of the molecule is CNc1nc(NCC2(C)CC2)nc(N(C)C)n1. The van der Waals surface area contributed by atoms with Crippen molar-refractivity contribution in [1.29, 1.82) is 0 Å². The molecule has 1 aromatic rings. The average molecular weight is 236 g/mol. The van der Waals surface area contributed by atoms with Crippen LogP contribution in [0.15, 0.2) is 0 Å². The Balaban J connectivity index is 2.11. The largest absolute Gasteiger partial charge is 0.357 e. The van der Waals surface area contributed by atoms with Gasteiger partial charge in [-0.3, -0.25) is 0 Å². The molecule has 6 heteroatoms. The van der Waals surface area contributed by atoms with Gasteiger partial charge in [-0.1, -0.05) is 6.92 Å². The Morgan fingerprint density at radius 1 is 1.18 bits per heavy atom. The van der Waals surface area contributed by atoms with Crippen molar-refractivity contribution >= 4 is 17.8 Å². The zero-order valence-corrected chi connectivity index (χ0v) is 10.9. The van der Waals surface area contributed by atoms with Crippen molar-refractivity contribution in [1.82, 2.24) is 15.0 Å². The summed E-state index contributed by atoms with van der Waals surface area (Å²) >= 11 is 0. The van der Waals surface area contributed by atoms with E-state index < -0.39 is 0 Å². The summed E-state index contributed by atoms with van der Waals surface area (Å²) in [5.41, 5.74) is 0.435. The van der Waals surface area contributed by atoms with Gasteiger partial charge < -0.3 is 15.5 Å². The molecule has 94 valence electrons. The predicted octanol–water partition coefficient (Wildman–Crippen LogP) is 1.19. The van der Waals surface area contributed by atoms with Crippen LogP contribution in [0.3, 0.4) is 0 Å². The molecule has 1 fully saturated rings. The van der Waals surface area contributed by atoms with Gasteiger partial charge >= 0.3 is 0 Å². The second-order valence-electron chi connectivity index (χ2n) is 5.09.